The number of esters is 1. The van der Waals surface area contributed by atoms with Crippen molar-refractivity contribution in [1.82, 2.24) is 4.31 Å². The van der Waals surface area contributed by atoms with Crippen LogP contribution >= 0.6 is 0 Å². The number of ether oxygens (including phenoxy) is 2. The van der Waals surface area contributed by atoms with Crippen molar-refractivity contribution in [3.63, 3.8) is 0 Å². The second kappa shape index (κ2) is 10.3. The van der Waals surface area contributed by atoms with Gasteiger partial charge in [-0.2, -0.15) is 4.31 Å². The Morgan fingerprint density at radius 3 is 2.61 bits per heavy atom. The average Bonchev–Trinajstić information content (AvgIpc) is 2.79. The van der Waals surface area contributed by atoms with Crippen molar-refractivity contribution < 1.29 is 31.9 Å². The topological polar surface area (TPSA) is 102 Å². The number of hydrogen-bond acceptors (Lipinski definition) is 6. The van der Waals surface area contributed by atoms with E-state index in [4.69, 9.17) is 9.47 Å². The van der Waals surface area contributed by atoms with Crippen LogP contribution in [0.1, 0.15) is 42.1 Å². The van der Waals surface area contributed by atoms with Crippen LogP contribution in [0.3, 0.4) is 0 Å². The largest absolute Gasteiger partial charge is 0.495 e. The third-order valence-corrected chi connectivity index (χ3v) is 7.55. The first-order valence-corrected chi connectivity index (χ1v) is 12.0. The minimum Gasteiger partial charge on any atom is -0.495 e. The fourth-order valence-electron chi connectivity index (χ4n) is 3.64. The summed E-state index contributed by atoms with van der Waals surface area (Å²) in [6.45, 7) is 3.21. The van der Waals surface area contributed by atoms with E-state index in [2.05, 4.69) is 5.32 Å². The van der Waals surface area contributed by atoms with Gasteiger partial charge >= 0.3 is 5.97 Å². The molecule has 2 aromatic carbocycles. The average molecular weight is 479 g/mol. The fraction of sp³-hybridized carbons (Fsp3) is 0.391. The Morgan fingerprint density at radius 1 is 1.18 bits per heavy atom. The minimum absolute atomic E-state index is 0.0341. The van der Waals surface area contributed by atoms with Crippen LogP contribution in [0.5, 0.6) is 5.75 Å². The lowest BCUT2D eigenvalue weighted by molar-refractivity contribution is -0.119. The number of carbonyl (C=O) groups excluding carboxylic acids is 2. The Hall–Kier alpha value is -2.98. The van der Waals surface area contributed by atoms with Crippen LogP contribution in [0.25, 0.3) is 0 Å². The highest BCUT2D eigenvalue weighted by atomic mass is 32.2. The summed E-state index contributed by atoms with van der Waals surface area (Å²) in [5.41, 5.74) is 0.629. The highest BCUT2D eigenvalue weighted by Gasteiger charge is 2.33. The summed E-state index contributed by atoms with van der Waals surface area (Å²) in [6, 6.07) is 7.99. The molecule has 1 heterocycles. The normalized spacial score (nSPS) is 16.8. The molecule has 2 aromatic rings. The van der Waals surface area contributed by atoms with Gasteiger partial charge in [-0.25, -0.2) is 17.6 Å². The number of nitrogens with one attached hydrogen (secondary N) is 1. The molecule has 0 spiro atoms. The molecule has 0 aliphatic carbocycles. The zero-order valence-electron chi connectivity index (χ0n) is 18.8. The summed E-state index contributed by atoms with van der Waals surface area (Å²) in [7, 11) is -2.55. The zero-order valence-corrected chi connectivity index (χ0v) is 19.6. The molecule has 0 saturated carbocycles. The van der Waals surface area contributed by atoms with Crippen LogP contribution in [0.2, 0.25) is 0 Å². The third-order valence-electron chi connectivity index (χ3n) is 5.52. The van der Waals surface area contributed by atoms with E-state index in [1.165, 1.54) is 41.7 Å². The quantitative estimate of drug-likeness (QED) is 0.611. The van der Waals surface area contributed by atoms with Gasteiger partial charge in [0.15, 0.2) is 6.61 Å². The van der Waals surface area contributed by atoms with Crippen LogP contribution in [0, 0.1) is 12.7 Å². The lowest BCUT2D eigenvalue weighted by Crippen LogP contribution is -2.42. The molecule has 0 radical (unpaired) electrons. The Balaban J connectivity index is 1.73. The Kier molecular flexibility index (Phi) is 7.70. The lowest BCUT2D eigenvalue weighted by atomic mass is 10.1. The summed E-state index contributed by atoms with van der Waals surface area (Å²) in [5.74, 6) is -1.88. The van der Waals surface area contributed by atoms with Crippen molar-refractivity contribution in [2.24, 2.45) is 0 Å². The van der Waals surface area contributed by atoms with E-state index in [0.717, 1.165) is 25.3 Å². The number of benzene rings is 2. The van der Waals surface area contributed by atoms with Crippen molar-refractivity contribution in [3.05, 3.63) is 53.3 Å². The minimum atomic E-state index is -3.90. The molecular weight excluding hydrogens is 451 g/mol. The van der Waals surface area contributed by atoms with Gasteiger partial charge in [-0.05, 0) is 62.6 Å². The highest BCUT2D eigenvalue weighted by Crippen LogP contribution is 2.31. The van der Waals surface area contributed by atoms with E-state index in [1.54, 1.807) is 6.92 Å². The molecule has 1 N–H and O–H groups in total. The molecule has 1 aliphatic rings. The van der Waals surface area contributed by atoms with Crippen molar-refractivity contribution in [2.45, 2.75) is 44.0 Å². The van der Waals surface area contributed by atoms with Gasteiger partial charge in [-0.1, -0.05) is 12.5 Å². The number of hydrogen-bond donors (Lipinski definition) is 1. The number of halogens is 1. The number of rotatable bonds is 7. The number of aryl methyl sites for hydroxylation is 1. The van der Waals surface area contributed by atoms with Crippen LogP contribution in [-0.4, -0.2) is 50.9 Å². The Morgan fingerprint density at radius 2 is 1.94 bits per heavy atom. The van der Waals surface area contributed by atoms with Crippen molar-refractivity contribution in [1.29, 1.82) is 0 Å². The number of methoxy groups -OCH3 is 1. The van der Waals surface area contributed by atoms with Gasteiger partial charge in [0, 0.05) is 18.3 Å². The molecule has 0 aromatic heterocycles. The van der Waals surface area contributed by atoms with Gasteiger partial charge in [0.2, 0.25) is 10.0 Å². The zero-order chi connectivity index (χ0) is 24.2. The van der Waals surface area contributed by atoms with E-state index in [1.807, 2.05) is 6.92 Å². The molecule has 8 nitrogen and oxygen atoms in total. The molecule has 3 rings (SSSR count). The second-order valence-corrected chi connectivity index (χ2v) is 9.77. The predicted molar refractivity (Wildman–Crippen MR) is 120 cm³/mol. The molecule has 10 heteroatoms. The van der Waals surface area contributed by atoms with Crippen LogP contribution in [-0.2, 0) is 19.6 Å². The van der Waals surface area contributed by atoms with E-state index in [0.29, 0.717) is 12.1 Å². The summed E-state index contributed by atoms with van der Waals surface area (Å²) < 4.78 is 51.8. The van der Waals surface area contributed by atoms with E-state index in [-0.39, 0.29) is 27.9 Å². The Labute approximate surface area is 192 Å². The number of anilines is 1. The summed E-state index contributed by atoms with van der Waals surface area (Å²) in [4.78, 5) is 24.5. The number of carbonyl (C=O) groups is 2. The standard InChI is InChI=1S/C23H27FN2O6S/c1-15-7-9-18(13-19(15)24)25-22(27)14-32-23(28)17-8-10-20(31-3)21(12-17)33(29,30)26-11-5-4-6-16(26)2/h7-10,12-13,16H,4-6,11,14H2,1-3H3,(H,25,27)/t16-/m0/s1. The monoisotopic (exact) mass is 478 g/mol. The molecule has 33 heavy (non-hydrogen) atoms. The number of nitrogens with zero attached hydrogens (tertiary/aromatic N) is 1. The summed E-state index contributed by atoms with van der Waals surface area (Å²) in [5, 5.41) is 2.44. The molecule has 1 aliphatic heterocycles. The molecule has 1 atom stereocenters. The van der Waals surface area contributed by atoms with E-state index < -0.39 is 34.3 Å². The van der Waals surface area contributed by atoms with Gasteiger partial charge in [0.05, 0.1) is 12.7 Å². The van der Waals surface area contributed by atoms with Crippen molar-refractivity contribution >= 4 is 27.6 Å². The first-order valence-electron chi connectivity index (χ1n) is 10.6. The molecular formula is C23H27FN2O6S. The fourth-order valence-corrected chi connectivity index (χ4v) is 5.53. The summed E-state index contributed by atoms with van der Waals surface area (Å²) in [6.07, 6.45) is 2.46. The van der Waals surface area contributed by atoms with Gasteiger partial charge in [-0.3, -0.25) is 4.79 Å². The molecule has 1 saturated heterocycles. The number of sulfonamides is 1. The van der Waals surface area contributed by atoms with Crippen molar-refractivity contribution in [3.8, 4) is 5.75 Å². The number of piperidine rings is 1. The lowest BCUT2D eigenvalue weighted by Gasteiger charge is -2.32. The molecule has 1 fully saturated rings. The smallest absolute Gasteiger partial charge is 0.338 e. The first-order chi connectivity index (χ1) is 15.6. The second-order valence-electron chi connectivity index (χ2n) is 7.91. The van der Waals surface area contributed by atoms with Crippen LogP contribution in [0.4, 0.5) is 10.1 Å². The van der Waals surface area contributed by atoms with Gasteiger partial charge in [0.1, 0.15) is 16.5 Å². The summed E-state index contributed by atoms with van der Waals surface area (Å²) >= 11 is 0. The molecule has 1 amide bonds. The molecule has 0 unspecified atom stereocenters. The molecule has 0 bridgehead atoms. The highest BCUT2D eigenvalue weighted by molar-refractivity contribution is 7.89. The van der Waals surface area contributed by atoms with E-state index >= 15 is 0 Å². The van der Waals surface area contributed by atoms with Crippen LogP contribution in [0.15, 0.2) is 41.3 Å². The Bertz CT molecular complexity index is 1150. The first kappa shape index (κ1) is 24.7. The van der Waals surface area contributed by atoms with Crippen LogP contribution < -0.4 is 10.1 Å². The number of amides is 1. The van der Waals surface area contributed by atoms with E-state index in [9.17, 15) is 22.4 Å². The maximum Gasteiger partial charge on any atom is 0.338 e. The maximum absolute atomic E-state index is 13.6. The van der Waals surface area contributed by atoms with Gasteiger partial charge in [0.25, 0.3) is 5.91 Å². The SMILES string of the molecule is COc1ccc(C(=O)OCC(=O)Nc2ccc(C)c(F)c2)cc1S(=O)(=O)N1CCCC[C@@H]1C. The maximum atomic E-state index is 13.6. The van der Waals surface area contributed by atoms with Gasteiger partial charge in [-0.15, -0.1) is 0 Å². The molecule has 178 valence electrons. The predicted octanol–water partition coefficient (Wildman–Crippen LogP) is 3.50. The van der Waals surface area contributed by atoms with Crippen molar-refractivity contribution in [2.75, 3.05) is 25.6 Å². The third kappa shape index (κ3) is 5.69. The van der Waals surface area contributed by atoms with Gasteiger partial charge < -0.3 is 14.8 Å².